The van der Waals surface area contributed by atoms with E-state index in [4.69, 9.17) is 21.3 Å². The highest BCUT2D eigenvalue weighted by molar-refractivity contribution is 5.99. The Morgan fingerprint density at radius 2 is 1.73 bits per heavy atom. The second-order valence-corrected chi connectivity index (χ2v) is 7.70. The van der Waals surface area contributed by atoms with Gasteiger partial charge >= 0.3 is 17.9 Å². The number of carboxylic acid groups (broad SMARTS) is 2. The number of esters is 1. The quantitative estimate of drug-likeness (QED) is 0.160. The molecule has 172 valence electrons. The molecule has 0 fully saturated rings. The van der Waals surface area contributed by atoms with Gasteiger partial charge in [-0.3, -0.25) is 14.4 Å². The summed E-state index contributed by atoms with van der Waals surface area (Å²) in [6.07, 6.45) is 0.571. The highest BCUT2D eigenvalue weighted by atomic mass is 16.5. The Kier molecular flexibility index (Phi) is 7.07. The molecule has 0 saturated heterocycles. The molecule has 2 aromatic carbocycles. The molecule has 10 nitrogen and oxygen atoms in total. The third-order valence-electron chi connectivity index (χ3n) is 5.25. The molecule has 1 aliphatic heterocycles. The monoisotopic (exact) mass is 453 g/mol. The number of ketones is 1. The largest absolute Gasteiger partial charge is 0.481 e. The fourth-order valence-electron chi connectivity index (χ4n) is 3.68. The Bertz CT molecular complexity index is 1150. The lowest BCUT2D eigenvalue weighted by Crippen LogP contribution is -2.22. The minimum absolute atomic E-state index is 0.0984. The molecule has 0 aromatic heterocycles. The molecule has 1 heterocycles. The van der Waals surface area contributed by atoms with Crippen LogP contribution in [0.15, 0.2) is 41.4 Å². The number of ether oxygens (including phenoxy) is 1. The fourth-order valence-corrected chi connectivity index (χ4v) is 3.68. The number of nitrogens with zero attached hydrogens (tertiary/aromatic N) is 1. The molecule has 0 spiro atoms. The van der Waals surface area contributed by atoms with Crippen molar-refractivity contribution in [2.75, 3.05) is 0 Å². The molecule has 0 bridgehead atoms. The molecule has 10 heteroatoms. The minimum atomic E-state index is -1.35. The summed E-state index contributed by atoms with van der Waals surface area (Å²) in [7, 11) is 0. The minimum Gasteiger partial charge on any atom is -0.481 e. The summed E-state index contributed by atoms with van der Waals surface area (Å²) in [6, 6.07) is 9.41. The van der Waals surface area contributed by atoms with E-state index in [1.165, 1.54) is 12.1 Å². The van der Waals surface area contributed by atoms with Crippen molar-refractivity contribution in [1.29, 1.82) is 0 Å². The number of aliphatic imine (C=N–C) groups is 1. The van der Waals surface area contributed by atoms with Crippen LogP contribution in [0.25, 0.3) is 0 Å². The third-order valence-corrected chi connectivity index (χ3v) is 5.25. The Morgan fingerprint density at radius 1 is 1.00 bits per heavy atom. The first-order valence-corrected chi connectivity index (χ1v) is 10.2. The number of Topliss-reactive ketones (excluding diaryl/α,β-unsaturated/α-hetero) is 1. The van der Waals surface area contributed by atoms with Gasteiger partial charge < -0.3 is 26.4 Å². The molecule has 6 N–H and O–H groups in total. The zero-order valence-corrected chi connectivity index (χ0v) is 17.6. The fraction of sp³-hybridized carbons (Fsp3) is 0.261. The van der Waals surface area contributed by atoms with Gasteiger partial charge in [-0.25, -0.2) is 9.79 Å². The van der Waals surface area contributed by atoms with Crippen molar-refractivity contribution in [1.82, 2.24) is 0 Å². The maximum absolute atomic E-state index is 12.8. The van der Waals surface area contributed by atoms with E-state index < -0.39 is 42.5 Å². The third kappa shape index (κ3) is 5.94. The van der Waals surface area contributed by atoms with E-state index in [0.29, 0.717) is 41.8 Å². The molecule has 0 aliphatic carbocycles. The van der Waals surface area contributed by atoms with E-state index in [9.17, 15) is 24.3 Å². The van der Waals surface area contributed by atoms with E-state index >= 15 is 0 Å². The first-order chi connectivity index (χ1) is 15.6. The van der Waals surface area contributed by atoms with E-state index in [0.717, 1.165) is 5.56 Å². The van der Waals surface area contributed by atoms with Crippen LogP contribution in [0.1, 0.15) is 51.1 Å². The molecule has 1 atom stereocenters. The number of aliphatic carboxylic acids is 2. The molecule has 2 aromatic rings. The van der Waals surface area contributed by atoms with Crippen LogP contribution in [0.5, 0.6) is 5.75 Å². The van der Waals surface area contributed by atoms with E-state index in [-0.39, 0.29) is 11.5 Å². The number of carbonyl (C=O) groups is 4. The normalized spacial score (nSPS) is 13.8. The summed E-state index contributed by atoms with van der Waals surface area (Å²) in [6.45, 7) is 0. The summed E-state index contributed by atoms with van der Waals surface area (Å²) in [5.41, 5.74) is 13.3. The van der Waals surface area contributed by atoms with Gasteiger partial charge in [0.2, 0.25) is 0 Å². The second kappa shape index (κ2) is 9.94. The number of carboxylic acids is 2. The Morgan fingerprint density at radius 3 is 2.39 bits per heavy atom. The standard InChI is InChI=1S/C23H23N3O7/c24-23(25)26-16-5-6-17-12(9-16)2-1-3-14-8-13(4-7-19(14)33-22(17)32)18(27)10-15(21(30)31)11-20(28)29/h4-9,15H,1-3,10-11H2,(H,28,29)(H,30,31)(H4,24,25,26)/t15-/m0/s1. The Balaban J connectivity index is 1.84. The number of guanidine groups is 1. The molecule has 3 rings (SSSR count). The molecular weight excluding hydrogens is 430 g/mol. The van der Waals surface area contributed by atoms with Gasteiger partial charge in [0.25, 0.3) is 0 Å². The summed E-state index contributed by atoms with van der Waals surface area (Å²) in [5, 5.41) is 18.1. The predicted octanol–water partition coefficient (Wildman–Crippen LogP) is 2.05. The highest BCUT2D eigenvalue weighted by Gasteiger charge is 2.26. The van der Waals surface area contributed by atoms with Gasteiger partial charge in [-0.15, -0.1) is 0 Å². The first-order valence-electron chi connectivity index (χ1n) is 10.2. The van der Waals surface area contributed by atoms with Gasteiger partial charge in [-0.05, 0) is 66.8 Å². The number of benzene rings is 2. The van der Waals surface area contributed by atoms with Crippen LogP contribution >= 0.6 is 0 Å². The molecule has 1 aliphatic rings. The van der Waals surface area contributed by atoms with Crippen molar-refractivity contribution in [2.45, 2.75) is 32.1 Å². The zero-order valence-electron chi connectivity index (χ0n) is 17.6. The number of rotatable bonds is 7. The molecule has 0 saturated carbocycles. The summed E-state index contributed by atoms with van der Waals surface area (Å²) < 4.78 is 5.56. The van der Waals surface area contributed by atoms with Gasteiger partial charge in [0.1, 0.15) is 5.75 Å². The predicted molar refractivity (Wildman–Crippen MR) is 118 cm³/mol. The number of hydrogen-bond donors (Lipinski definition) is 4. The number of aryl methyl sites for hydroxylation is 2. The maximum Gasteiger partial charge on any atom is 0.343 e. The van der Waals surface area contributed by atoms with Gasteiger partial charge in [0, 0.05) is 12.0 Å². The summed E-state index contributed by atoms with van der Waals surface area (Å²) >= 11 is 0. The topological polar surface area (TPSA) is 182 Å². The number of nitrogens with two attached hydrogens (primary N) is 2. The Hall–Kier alpha value is -4.21. The van der Waals surface area contributed by atoms with E-state index in [2.05, 4.69) is 4.99 Å². The number of fused-ring (bicyclic) bond motifs is 2. The maximum atomic E-state index is 12.8. The average Bonchev–Trinajstić information content (AvgIpc) is 2.79. The lowest BCUT2D eigenvalue weighted by Gasteiger charge is -2.12. The average molecular weight is 453 g/mol. The van der Waals surface area contributed by atoms with Crippen molar-refractivity contribution in [3.05, 3.63) is 58.7 Å². The smallest absolute Gasteiger partial charge is 0.343 e. The van der Waals surface area contributed by atoms with Crippen molar-refractivity contribution in [3.63, 3.8) is 0 Å². The van der Waals surface area contributed by atoms with Crippen molar-refractivity contribution in [3.8, 4) is 5.75 Å². The molecule has 33 heavy (non-hydrogen) atoms. The SMILES string of the molecule is NC(N)=Nc1ccc2c(c1)CCCc1cc(C(=O)C[C@@H](CC(=O)O)C(=O)O)ccc1OC2=O. The van der Waals surface area contributed by atoms with Crippen LogP contribution in [0.3, 0.4) is 0 Å². The van der Waals surface area contributed by atoms with Crippen LogP contribution < -0.4 is 16.2 Å². The Labute approximate surface area is 188 Å². The molecule has 0 unspecified atom stereocenters. The number of hydrogen-bond acceptors (Lipinski definition) is 6. The summed E-state index contributed by atoms with van der Waals surface area (Å²) in [4.78, 5) is 51.5. The van der Waals surface area contributed by atoms with Gasteiger partial charge in [0.15, 0.2) is 11.7 Å². The lowest BCUT2D eigenvalue weighted by atomic mass is 9.93. The van der Waals surface area contributed by atoms with Crippen LogP contribution in [-0.4, -0.2) is 39.9 Å². The van der Waals surface area contributed by atoms with Crippen LogP contribution in [-0.2, 0) is 22.4 Å². The van der Waals surface area contributed by atoms with Crippen molar-refractivity contribution in [2.24, 2.45) is 22.4 Å². The highest BCUT2D eigenvalue weighted by Crippen LogP contribution is 2.29. The lowest BCUT2D eigenvalue weighted by molar-refractivity contribution is -0.148. The van der Waals surface area contributed by atoms with E-state index in [1.54, 1.807) is 24.3 Å². The summed E-state index contributed by atoms with van der Waals surface area (Å²) in [5.74, 6) is -4.82. The van der Waals surface area contributed by atoms with Crippen molar-refractivity contribution < 1.29 is 34.1 Å². The van der Waals surface area contributed by atoms with Gasteiger partial charge in [-0.1, -0.05) is 0 Å². The molecule has 0 radical (unpaired) electrons. The molecular formula is C23H23N3O7. The van der Waals surface area contributed by atoms with Gasteiger partial charge in [0.05, 0.1) is 23.6 Å². The van der Waals surface area contributed by atoms with Gasteiger partial charge in [-0.2, -0.15) is 0 Å². The first kappa shape index (κ1) is 23.5. The second-order valence-electron chi connectivity index (χ2n) is 7.70. The molecule has 0 amide bonds. The van der Waals surface area contributed by atoms with Crippen molar-refractivity contribution >= 4 is 35.3 Å². The van der Waals surface area contributed by atoms with E-state index in [1.807, 2.05) is 0 Å². The van der Waals surface area contributed by atoms with Crippen LogP contribution in [0.2, 0.25) is 0 Å². The zero-order chi connectivity index (χ0) is 24.1. The van der Waals surface area contributed by atoms with Crippen LogP contribution in [0.4, 0.5) is 5.69 Å². The number of carbonyl (C=O) groups excluding carboxylic acids is 2. The van der Waals surface area contributed by atoms with Crippen LogP contribution in [0, 0.1) is 5.92 Å².